The smallest absolute Gasteiger partial charge is 0.409 e. The number of ether oxygens (including phenoxy) is 2. The van der Waals surface area contributed by atoms with Gasteiger partial charge in [-0.25, -0.2) is 18.3 Å². The molecule has 18 heteroatoms. The van der Waals surface area contributed by atoms with Crippen LogP contribution in [0.3, 0.4) is 0 Å². The first kappa shape index (κ1) is 36.5. The fraction of sp³-hybridized carbons (Fsp3) is 0.270. The van der Waals surface area contributed by atoms with Crippen molar-refractivity contribution in [3.8, 4) is 22.8 Å². The van der Waals surface area contributed by atoms with Crippen molar-refractivity contribution in [1.82, 2.24) is 24.9 Å². The van der Waals surface area contributed by atoms with E-state index in [1.165, 1.54) is 27.8 Å². The largest absolute Gasteiger partial charge is 0.454 e. The summed E-state index contributed by atoms with van der Waals surface area (Å²) in [5, 5.41) is 9.81. The second-order valence-corrected chi connectivity index (χ2v) is 13.1. The van der Waals surface area contributed by atoms with Gasteiger partial charge in [0.15, 0.2) is 11.6 Å². The number of aromatic nitrogens is 2. The summed E-state index contributed by atoms with van der Waals surface area (Å²) in [5.74, 6) is -4.83. The highest BCUT2D eigenvalue weighted by atomic mass is 19.1. The van der Waals surface area contributed by atoms with Crippen molar-refractivity contribution < 1.29 is 47.0 Å². The number of halogens is 2. The van der Waals surface area contributed by atoms with Gasteiger partial charge in [0, 0.05) is 43.4 Å². The van der Waals surface area contributed by atoms with Crippen LogP contribution in [0, 0.1) is 11.6 Å². The Kier molecular flexibility index (Phi) is 9.88. The zero-order valence-electron chi connectivity index (χ0n) is 29.1. The van der Waals surface area contributed by atoms with E-state index in [9.17, 15) is 37.5 Å². The molecule has 3 aliphatic heterocycles. The molecule has 6 N–H and O–H groups in total. The van der Waals surface area contributed by atoms with Crippen LogP contribution in [0.2, 0.25) is 0 Å². The van der Waals surface area contributed by atoms with E-state index in [1.807, 2.05) is 0 Å². The number of fused-ring (bicyclic) bond motifs is 1. The summed E-state index contributed by atoms with van der Waals surface area (Å²) in [7, 11) is 0. The Morgan fingerprint density at radius 3 is 2.51 bits per heavy atom. The maximum atomic E-state index is 14.1. The molecule has 284 valence electrons. The van der Waals surface area contributed by atoms with Gasteiger partial charge in [0.25, 0.3) is 17.7 Å². The first-order chi connectivity index (χ1) is 26.4. The van der Waals surface area contributed by atoms with Crippen molar-refractivity contribution in [1.29, 1.82) is 0 Å². The van der Waals surface area contributed by atoms with Crippen LogP contribution in [0.1, 0.15) is 62.8 Å². The van der Waals surface area contributed by atoms with Crippen molar-refractivity contribution in [2.24, 2.45) is 5.73 Å². The normalized spacial score (nSPS) is 18.2. The Morgan fingerprint density at radius 1 is 1.00 bits per heavy atom. The Bertz CT molecular complexity index is 2240. The third-order valence-electron chi connectivity index (χ3n) is 9.56. The van der Waals surface area contributed by atoms with Gasteiger partial charge in [0.05, 0.1) is 17.2 Å². The van der Waals surface area contributed by atoms with Gasteiger partial charge in [-0.1, -0.05) is 6.07 Å². The van der Waals surface area contributed by atoms with Gasteiger partial charge in [-0.2, -0.15) is 5.10 Å². The Balaban J connectivity index is 0.974. The van der Waals surface area contributed by atoms with Gasteiger partial charge in [0.2, 0.25) is 11.8 Å². The molecule has 0 radical (unpaired) electrons. The van der Waals surface area contributed by atoms with Gasteiger partial charge in [0.1, 0.15) is 41.3 Å². The van der Waals surface area contributed by atoms with Crippen LogP contribution in [0.4, 0.5) is 25.1 Å². The number of anilines is 2. The molecule has 4 heterocycles. The van der Waals surface area contributed by atoms with Crippen molar-refractivity contribution in [3.05, 3.63) is 89.0 Å². The molecule has 3 aliphatic rings. The van der Waals surface area contributed by atoms with E-state index in [-0.39, 0.29) is 72.2 Å². The van der Waals surface area contributed by atoms with E-state index in [0.29, 0.717) is 36.7 Å². The Labute approximate surface area is 311 Å². The maximum absolute atomic E-state index is 14.1. The summed E-state index contributed by atoms with van der Waals surface area (Å²) in [5.41, 5.74) is 13.3. The molecule has 2 saturated heterocycles. The van der Waals surface area contributed by atoms with E-state index in [0.717, 1.165) is 17.0 Å². The number of nitrogen functional groups attached to an aromatic ring is 1. The van der Waals surface area contributed by atoms with Gasteiger partial charge in [-0.15, -0.1) is 0 Å². The minimum Gasteiger partial charge on any atom is -0.454 e. The number of rotatable bonds is 10. The number of carbonyl (C=O) groups is 6. The fourth-order valence-electron chi connectivity index (χ4n) is 6.93. The molecule has 16 nitrogen and oxygen atoms in total. The number of primary amides is 1. The monoisotopic (exact) mass is 756 g/mol. The molecule has 4 aromatic rings. The first-order valence-electron chi connectivity index (χ1n) is 17.3. The molecule has 1 aromatic heterocycles. The highest BCUT2D eigenvalue weighted by molar-refractivity contribution is 6.25. The third-order valence-corrected chi connectivity index (χ3v) is 9.56. The second-order valence-electron chi connectivity index (χ2n) is 13.1. The molecule has 2 atom stereocenters. The summed E-state index contributed by atoms with van der Waals surface area (Å²) in [4.78, 5) is 78.5. The lowest BCUT2D eigenvalue weighted by Gasteiger charge is -2.32. The first-order valence-corrected chi connectivity index (χ1v) is 17.3. The molecule has 0 aliphatic carbocycles. The number of piperidine rings is 2. The highest BCUT2D eigenvalue weighted by Crippen LogP contribution is 2.35. The number of nitrogens with two attached hydrogens (primary N) is 2. The number of carbonyl (C=O) groups excluding carboxylic acids is 6. The minimum absolute atomic E-state index is 0.000260. The van der Waals surface area contributed by atoms with Crippen LogP contribution in [-0.4, -0.2) is 87.5 Å². The highest BCUT2D eigenvalue weighted by Gasteiger charge is 2.45. The summed E-state index contributed by atoms with van der Waals surface area (Å²) >= 11 is 0. The zero-order valence-corrected chi connectivity index (χ0v) is 29.1. The summed E-state index contributed by atoms with van der Waals surface area (Å²) in [6.07, 6.45) is 0.559. The molecule has 6 amide bonds. The lowest BCUT2D eigenvalue weighted by atomic mass is 10.0. The van der Waals surface area contributed by atoms with Crippen LogP contribution in [0.5, 0.6) is 11.5 Å². The third kappa shape index (κ3) is 7.12. The molecule has 2 fully saturated rings. The molecule has 1 unspecified atom stereocenters. The van der Waals surface area contributed by atoms with Crippen LogP contribution < -0.4 is 26.8 Å². The summed E-state index contributed by atoms with van der Waals surface area (Å²) in [6.45, 7) is 0.523. The Hall–Kier alpha value is -6.85. The molecule has 0 saturated carbocycles. The van der Waals surface area contributed by atoms with Gasteiger partial charge >= 0.3 is 6.09 Å². The molecular formula is C37H34F2N8O8. The van der Waals surface area contributed by atoms with E-state index in [1.54, 1.807) is 24.3 Å². The number of nitrogens with one attached hydrogen (secondary N) is 2. The van der Waals surface area contributed by atoms with Crippen LogP contribution in [-0.2, 0) is 14.3 Å². The lowest BCUT2D eigenvalue weighted by Crippen LogP contribution is -2.54. The average molecular weight is 757 g/mol. The number of amides is 6. The van der Waals surface area contributed by atoms with E-state index < -0.39 is 59.3 Å². The van der Waals surface area contributed by atoms with Crippen molar-refractivity contribution in [2.45, 2.75) is 37.8 Å². The number of nitrogens with zero attached hydrogens (tertiary/aromatic N) is 4. The number of benzene rings is 3. The molecule has 7 rings (SSSR count). The van der Waals surface area contributed by atoms with Crippen molar-refractivity contribution in [3.63, 3.8) is 0 Å². The van der Waals surface area contributed by atoms with Crippen LogP contribution >= 0.6 is 0 Å². The van der Waals surface area contributed by atoms with Crippen molar-refractivity contribution >= 4 is 47.1 Å². The quantitative estimate of drug-likeness (QED) is 0.135. The van der Waals surface area contributed by atoms with E-state index >= 15 is 0 Å². The van der Waals surface area contributed by atoms with Gasteiger partial charge in [-0.05, 0) is 67.8 Å². The lowest BCUT2D eigenvalue weighted by molar-refractivity contribution is -0.136. The molecule has 0 spiro atoms. The second kappa shape index (κ2) is 14.9. The van der Waals surface area contributed by atoms with E-state index in [2.05, 4.69) is 15.7 Å². The van der Waals surface area contributed by atoms with E-state index in [4.69, 9.17) is 20.9 Å². The summed E-state index contributed by atoms with van der Waals surface area (Å²) in [6, 6.07) is 12.3. The molecule has 0 bridgehead atoms. The number of likely N-dealkylation sites (tertiary alicyclic amines) is 1. The van der Waals surface area contributed by atoms with Gasteiger partial charge in [-0.3, -0.25) is 34.2 Å². The molecule has 55 heavy (non-hydrogen) atoms. The predicted molar refractivity (Wildman–Crippen MR) is 190 cm³/mol. The zero-order chi connectivity index (χ0) is 39.0. The number of hydrogen-bond acceptors (Lipinski definition) is 11. The summed E-state index contributed by atoms with van der Waals surface area (Å²) < 4.78 is 39.9. The fourth-order valence-corrected chi connectivity index (χ4v) is 6.93. The predicted octanol–water partition coefficient (Wildman–Crippen LogP) is 3.59. The molecular weight excluding hydrogens is 722 g/mol. The standard InChI is InChI=1S/C37H34F2N8O8/c38-20-8-12-27(24(39)17-20)55-22-9-6-19(7-10-22)31-30(33(41)49)32(40)47(44-31)21-3-2-15-45(18-21)37(53)54-16-14-42-25-5-1-4-23-29(25)36(52)46(35(23)51)26-11-13-28(48)43-34(26)50/h1,4-10,12,17,21,26,42H,2-3,11,13-16,18,40H2,(H2,41,49)(H,43,48,50)/t21-,26?/m1/s1. The van der Waals surface area contributed by atoms with Crippen LogP contribution in [0.25, 0.3) is 11.3 Å². The maximum Gasteiger partial charge on any atom is 0.409 e. The topological polar surface area (TPSA) is 221 Å². The van der Waals surface area contributed by atoms with Crippen LogP contribution in [0.15, 0.2) is 60.7 Å². The molecule has 3 aromatic carbocycles. The minimum atomic E-state index is -1.10. The van der Waals surface area contributed by atoms with Crippen molar-refractivity contribution in [2.75, 3.05) is 37.3 Å². The van der Waals surface area contributed by atoms with Gasteiger partial charge < -0.3 is 31.2 Å². The SMILES string of the molecule is NC(=O)c1c(-c2ccc(Oc3ccc(F)cc3F)cc2)nn([C@@H]2CCCN(C(=O)OCCNc3cccc4c3C(=O)N(C3CCC(=O)NC3=O)C4=O)C2)c1N. The number of hydrogen-bond donors (Lipinski definition) is 4. The Morgan fingerprint density at radius 2 is 1.78 bits per heavy atom. The average Bonchev–Trinajstić information content (AvgIpc) is 3.64. The number of imide groups is 2.